The highest BCUT2D eigenvalue weighted by molar-refractivity contribution is 9.09. The molecule has 0 aliphatic rings. The maximum Gasteiger partial charge on any atom is 0.00720 e. The van der Waals surface area contributed by atoms with Crippen molar-refractivity contribution in [3.8, 4) is 0 Å². The topological polar surface area (TPSA) is 0 Å². The number of alkyl halides is 1. The Hall–Kier alpha value is -0.300. The summed E-state index contributed by atoms with van der Waals surface area (Å²) in [5, 5.41) is 1.02. The largest absolute Gasteiger partial charge is 0.0924 e. The van der Waals surface area contributed by atoms with E-state index in [2.05, 4.69) is 41.1 Å². The third-order valence-corrected chi connectivity index (χ3v) is 1.79. The molecule has 0 N–H and O–H groups in total. The lowest BCUT2D eigenvalue weighted by Gasteiger charge is -1.95. The first kappa shape index (κ1) is 7.80. The fraction of sp³-hybridized carbons (Fsp3) is 0.333. The lowest BCUT2D eigenvalue weighted by atomic mass is 10.1. The van der Waals surface area contributed by atoms with E-state index in [1.807, 2.05) is 6.07 Å². The Morgan fingerprint density at radius 3 is 2.80 bits per heavy atom. The molecule has 0 bridgehead atoms. The van der Waals surface area contributed by atoms with E-state index >= 15 is 0 Å². The van der Waals surface area contributed by atoms with Gasteiger partial charge in [-0.2, -0.15) is 0 Å². The van der Waals surface area contributed by atoms with Crippen molar-refractivity contribution in [1.29, 1.82) is 0 Å². The predicted molar refractivity (Wildman–Crippen MR) is 47.5 cm³/mol. The van der Waals surface area contributed by atoms with Crippen LogP contribution in [0.25, 0.3) is 0 Å². The molecule has 1 heteroatoms. The second kappa shape index (κ2) is 3.77. The summed E-state index contributed by atoms with van der Waals surface area (Å²) >= 11 is 3.38. The molecule has 53 valence electrons. The predicted octanol–water partition coefficient (Wildman–Crippen LogP) is 2.73. The zero-order chi connectivity index (χ0) is 7.40. The summed E-state index contributed by atoms with van der Waals surface area (Å²) in [6.45, 7) is 2.08. The Morgan fingerprint density at radius 1 is 1.50 bits per heavy atom. The number of hydrogen-bond donors (Lipinski definition) is 0. The van der Waals surface area contributed by atoms with Crippen LogP contribution in [-0.4, -0.2) is 5.33 Å². The van der Waals surface area contributed by atoms with E-state index < -0.39 is 0 Å². The molecule has 0 nitrogen and oxygen atoms in total. The first-order valence-electron chi connectivity index (χ1n) is 3.36. The molecule has 0 spiro atoms. The molecule has 0 saturated carbocycles. The van der Waals surface area contributed by atoms with E-state index in [9.17, 15) is 0 Å². The maximum atomic E-state index is 3.38. The minimum atomic E-state index is 1.02. The van der Waals surface area contributed by atoms with Crippen molar-refractivity contribution in [3.63, 3.8) is 0 Å². The number of aryl methyl sites for hydroxylation is 2. The van der Waals surface area contributed by atoms with Gasteiger partial charge in [0.25, 0.3) is 0 Å². The van der Waals surface area contributed by atoms with Crippen LogP contribution in [-0.2, 0) is 6.42 Å². The van der Waals surface area contributed by atoms with Crippen LogP contribution in [0.4, 0.5) is 0 Å². The van der Waals surface area contributed by atoms with Gasteiger partial charge >= 0.3 is 0 Å². The Morgan fingerprint density at radius 2 is 2.30 bits per heavy atom. The summed E-state index contributed by atoms with van der Waals surface area (Å²) in [4.78, 5) is 0. The van der Waals surface area contributed by atoms with Crippen LogP contribution < -0.4 is 0 Å². The molecular formula is C9H10Br. The molecular weight excluding hydrogens is 188 g/mol. The molecule has 0 amide bonds. The zero-order valence-electron chi connectivity index (χ0n) is 6.02. The van der Waals surface area contributed by atoms with Gasteiger partial charge in [-0.15, -0.1) is 0 Å². The highest BCUT2D eigenvalue weighted by Gasteiger charge is 1.89. The van der Waals surface area contributed by atoms with Gasteiger partial charge in [0.1, 0.15) is 0 Å². The standard InChI is InChI=1S/C9H10Br/c1-8-2-4-9(5-3-8)6-7-10/h2-4H,6-7H2,1H3. The average Bonchev–Trinajstić information content (AvgIpc) is 1.95. The monoisotopic (exact) mass is 197 g/mol. The summed E-state index contributed by atoms with van der Waals surface area (Å²) < 4.78 is 0. The van der Waals surface area contributed by atoms with Gasteiger partial charge in [0.05, 0.1) is 0 Å². The van der Waals surface area contributed by atoms with Crippen molar-refractivity contribution in [2.75, 3.05) is 5.33 Å². The summed E-state index contributed by atoms with van der Waals surface area (Å²) in [7, 11) is 0. The number of hydrogen-bond acceptors (Lipinski definition) is 0. The van der Waals surface area contributed by atoms with Gasteiger partial charge in [-0.3, -0.25) is 0 Å². The van der Waals surface area contributed by atoms with Crippen LogP contribution in [0.1, 0.15) is 11.1 Å². The van der Waals surface area contributed by atoms with Crippen molar-refractivity contribution in [2.24, 2.45) is 0 Å². The quantitative estimate of drug-likeness (QED) is 0.641. The van der Waals surface area contributed by atoms with Crippen molar-refractivity contribution >= 4 is 15.9 Å². The van der Waals surface area contributed by atoms with E-state index in [-0.39, 0.29) is 0 Å². The first-order valence-corrected chi connectivity index (χ1v) is 4.48. The second-order valence-electron chi connectivity index (χ2n) is 2.33. The van der Waals surface area contributed by atoms with Crippen LogP contribution >= 0.6 is 15.9 Å². The summed E-state index contributed by atoms with van der Waals surface area (Å²) in [6.07, 6.45) is 1.07. The third-order valence-electron chi connectivity index (χ3n) is 1.40. The summed E-state index contributed by atoms with van der Waals surface area (Å²) in [5.74, 6) is 0. The third kappa shape index (κ3) is 2.14. The van der Waals surface area contributed by atoms with E-state index in [1.54, 1.807) is 0 Å². The molecule has 1 rings (SSSR count). The minimum Gasteiger partial charge on any atom is -0.0924 e. The van der Waals surface area contributed by atoms with Crippen LogP contribution in [0.2, 0.25) is 0 Å². The van der Waals surface area contributed by atoms with Gasteiger partial charge in [0.15, 0.2) is 0 Å². The van der Waals surface area contributed by atoms with Gasteiger partial charge in [0.2, 0.25) is 0 Å². The molecule has 0 aromatic heterocycles. The van der Waals surface area contributed by atoms with E-state index in [4.69, 9.17) is 0 Å². The highest BCUT2D eigenvalue weighted by atomic mass is 79.9. The highest BCUT2D eigenvalue weighted by Crippen LogP contribution is 2.03. The fourth-order valence-electron chi connectivity index (χ4n) is 0.792. The second-order valence-corrected chi connectivity index (χ2v) is 3.12. The van der Waals surface area contributed by atoms with Crippen molar-refractivity contribution < 1.29 is 0 Å². The van der Waals surface area contributed by atoms with E-state index in [1.165, 1.54) is 11.1 Å². The zero-order valence-corrected chi connectivity index (χ0v) is 7.61. The summed E-state index contributed by atoms with van der Waals surface area (Å²) in [6, 6.07) is 9.47. The molecule has 0 aliphatic heterocycles. The molecule has 0 heterocycles. The van der Waals surface area contributed by atoms with Gasteiger partial charge < -0.3 is 0 Å². The molecule has 0 unspecified atom stereocenters. The minimum absolute atomic E-state index is 1.02. The number of benzene rings is 1. The van der Waals surface area contributed by atoms with Crippen LogP contribution in [0.3, 0.4) is 0 Å². The number of rotatable bonds is 2. The van der Waals surface area contributed by atoms with Gasteiger partial charge in [-0.05, 0) is 25.0 Å². The smallest absolute Gasteiger partial charge is 0.00720 e. The Balaban J connectivity index is 2.69. The molecule has 0 fully saturated rings. The Kier molecular flexibility index (Phi) is 2.94. The Labute approximate surface area is 70.4 Å². The van der Waals surface area contributed by atoms with Crippen molar-refractivity contribution in [1.82, 2.24) is 0 Å². The molecule has 1 radical (unpaired) electrons. The van der Waals surface area contributed by atoms with E-state index in [0.717, 1.165) is 11.8 Å². The van der Waals surface area contributed by atoms with Crippen LogP contribution in [0.15, 0.2) is 18.2 Å². The molecule has 10 heavy (non-hydrogen) atoms. The fourth-order valence-corrected chi connectivity index (χ4v) is 1.22. The van der Waals surface area contributed by atoms with Gasteiger partial charge in [0, 0.05) is 5.33 Å². The van der Waals surface area contributed by atoms with E-state index in [0.29, 0.717) is 0 Å². The molecule has 0 saturated heterocycles. The Bertz CT molecular complexity index is 188. The first-order chi connectivity index (χ1) is 4.83. The van der Waals surface area contributed by atoms with Crippen LogP contribution in [0, 0.1) is 13.0 Å². The molecule has 0 aliphatic carbocycles. The maximum absolute atomic E-state index is 3.38. The normalized spacial score (nSPS) is 9.80. The van der Waals surface area contributed by atoms with Gasteiger partial charge in [-0.1, -0.05) is 39.7 Å². The molecule has 0 atom stereocenters. The van der Waals surface area contributed by atoms with Crippen molar-refractivity contribution in [3.05, 3.63) is 35.4 Å². The lowest BCUT2D eigenvalue weighted by Crippen LogP contribution is -1.84. The molecule has 1 aromatic carbocycles. The average molecular weight is 198 g/mol. The number of halogens is 1. The summed E-state index contributed by atoms with van der Waals surface area (Å²) in [5.41, 5.74) is 2.56. The van der Waals surface area contributed by atoms with Crippen LogP contribution in [0.5, 0.6) is 0 Å². The lowest BCUT2D eigenvalue weighted by molar-refractivity contribution is 1.16. The van der Waals surface area contributed by atoms with Gasteiger partial charge in [-0.25, -0.2) is 0 Å². The molecule has 1 aromatic rings. The van der Waals surface area contributed by atoms with Crippen molar-refractivity contribution in [2.45, 2.75) is 13.3 Å². The SMILES string of the molecule is Cc1c[c]c(CCBr)cc1.